The number of fused-ring (bicyclic) bond motifs is 1. The minimum Gasteiger partial charge on any atom is -0.369 e. The van der Waals surface area contributed by atoms with Crippen LogP contribution >= 0.6 is 0 Å². The second-order valence-corrected chi connectivity index (χ2v) is 12.0. The van der Waals surface area contributed by atoms with Gasteiger partial charge in [0.05, 0.1) is 12.2 Å². The zero-order valence-corrected chi connectivity index (χ0v) is 22.0. The molecule has 31 heavy (non-hydrogen) atoms. The number of allylic oxidation sites excluding steroid dienone is 2. The van der Waals surface area contributed by atoms with E-state index in [0.29, 0.717) is 29.5 Å². The van der Waals surface area contributed by atoms with Crippen LogP contribution in [0.25, 0.3) is 0 Å². The Morgan fingerprint density at radius 1 is 1.16 bits per heavy atom. The summed E-state index contributed by atoms with van der Waals surface area (Å²) in [5.74, 6) is 2.24. The van der Waals surface area contributed by atoms with E-state index in [0.717, 1.165) is 18.5 Å². The van der Waals surface area contributed by atoms with E-state index in [2.05, 4.69) is 59.4 Å². The maximum Gasteiger partial charge on any atom is 0.180 e. The van der Waals surface area contributed by atoms with Crippen molar-refractivity contribution in [1.82, 2.24) is 4.90 Å². The fourth-order valence-corrected chi connectivity index (χ4v) is 6.74. The molecule has 2 fully saturated rings. The summed E-state index contributed by atoms with van der Waals surface area (Å²) in [6, 6.07) is 0.682. The summed E-state index contributed by atoms with van der Waals surface area (Å²) in [4.78, 5) is 2.73. The Kier molecular flexibility index (Phi) is 9.19. The maximum atomic E-state index is 6.21. The van der Waals surface area contributed by atoms with Gasteiger partial charge in [-0.15, -0.1) is 5.47 Å². The number of epoxide rings is 1. The molecule has 0 radical (unpaired) electrons. The first-order chi connectivity index (χ1) is 14.8. The maximum absolute atomic E-state index is 6.21. The minimum atomic E-state index is 0.519. The molecule has 3 rings (SSSR count). The van der Waals surface area contributed by atoms with Crippen molar-refractivity contribution in [1.29, 1.82) is 0 Å². The summed E-state index contributed by atoms with van der Waals surface area (Å²) in [6.07, 6.45) is 17.3. The molecule has 0 aromatic heterocycles. The fraction of sp³-hybridized carbons (Fsp3) is 0.929. The number of rotatable bonds is 13. The summed E-state index contributed by atoms with van der Waals surface area (Å²) in [5, 5.41) is 0.526. The Hall–Kier alpha value is -0.275. The van der Waals surface area contributed by atoms with Crippen LogP contribution in [-0.4, -0.2) is 43.0 Å². The van der Waals surface area contributed by atoms with Crippen molar-refractivity contribution in [2.75, 3.05) is 13.1 Å². The van der Waals surface area contributed by atoms with Crippen LogP contribution in [-0.2, 0) is 4.74 Å². The van der Waals surface area contributed by atoms with Gasteiger partial charge in [0, 0.05) is 12.6 Å². The number of hydrogen-bond donors (Lipinski definition) is 0. The van der Waals surface area contributed by atoms with Crippen molar-refractivity contribution in [2.24, 2.45) is 17.8 Å². The van der Waals surface area contributed by atoms with E-state index in [-0.39, 0.29) is 0 Å². The molecule has 3 heteroatoms. The average molecular weight is 430 g/mol. The monoisotopic (exact) mass is 429 g/mol. The highest BCUT2D eigenvalue weighted by Crippen LogP contribution is 2.55. The van der Waals surface area contributed by atoms with Gasteiger partial charge in [-0.05, 0) is 62.2 Å². The molecule has 178 valence electrons. The van der Waals surface area contributed by atoms with Gasteiger partial charge < -0.3 is 9.64 Å². The van der Waals surface area contributed by atoms with Gasteiger partial charge in [-0.1, -0.05) is 86.0 Å². The van der Waals surface area contributed by atoms with Crippen molar-refractivity contribution < 1.29 is 4.74 Å². The number of hydrogen-bond acceptors (Lipinski definition) is 2. The van der Waals surface area contributed by atoms with Gasteiger partial charge >= 0.3 is 0 Å². The fourth-order valence-electron chi connectivity index (χ4n) is 6.74. The van der Waals surface area contributed by atoms with Crippen LogP contribution < -0.4 is 0 Å². The largest absolute Gasteiger partial charge is 0.369 e. The Labute approximate surface area is 195 Å². The molecular weight excluding hydrogens is 377 g/mol. The van der Waals surface area contributed by atoms with Crippen LogP contribution in [0.3, 0.4) is 0 Å². The van der Waals surface area contributed by atoms with Gasteiger partial charge in [-0.3, -0.25) is 0 Å². The van der Waals surface area contributed by atoms with Crippen LogP contribution in [0.15, 0.2) is 11.5 Å². The topological polar surface area (TPSA) is 15.8 Å². The molecule has 2 nitrogen and oxygen atoms in total. The highest BCUT2D eigenvalue weighted by atomic mass is 16.6. The summed E-state index contributed by atoms with van der Waals surface area (Å²) in [6.45, 7) is 20.3. The Morgan fingerprint density at radius 3 is 2.65 bits per heavy atom. The van der Waals surface area contributed by atoms with Crippen LogP contribution in [0, 0.1) is 17.8 Å². The molecule has 0 saturated carbocycles. The number of nitrogens with zero attached hydrogens (tertiary/aromatic N) is 1. The van der Waals surface area contributed by atoms with E-state index in [1.165, 1.54) is 77.2 Å². The average Bonchev–Trinajstić information content (AvgIpc) is 3.53. The van der Waals surface area contributed by atoms with Gasteiger partial charge in [0.2, 0.25) is 0 Å². The molecule has 7 atom stereocenters. The first-order valence-corrected chi connectivity index (χ1v) is 13.9. The Balaban J connectivity index is 1.41. The Bertz CT molecular complexity index is 592. The molecule has 3 heterocycles. The molecule has 0 aliphatic carbocycles. The predicted octanol–water partition coefficient (Wildman–Crippen LogP) is 7.65. The zero-order valence-electron chi connectivity index (χ0n) is 22.0. The van der Waals surface area contributed by atoms with Gasteiger partial charge in [0.1, 0.15) is 0 Å². The van der Waals surface area contributed by atoms with Gasteiger partial charge in [-0.25, -0.2) is 0 Å². The molecule has 0 amide bonds. The third-order valence-electron chi connectivity index (χ3n) is 9.13. The quantitative estimate of drug-likeness (QED) is 0.221. The first-order valence-electron chi connectivity index (χ1n) is 13.9. The van der Waals surface area contributed by atoms with Crippen LogP contribution in [0.5, 0.6) is 0 Å². The second kappa shape index (κ2) is 11.2. The van der Waals surface area contributed by atoms with Crippen LogP contribution in [0.4, 0.5) is 0 Å². The van der Waals surface area contributed by atoms with Crippen molar-refractivity contribution in [3.05, 3.63) is 11.5 Å². The van der Waals surface area contributed by atoms with E-state index in [9.17, 15) is 0 Å². The standard InChI is InChI=1S/C28H52BNO/c1-8-17-30(20-21(3)9-2)24(6)13-14-26-27(31-26)23(5)18-22(4)25-19-28(7)15-11-10-12-16-29(25)28/h19,21-24,26-27H,8-18,20H2,1-7H3. The highest BCUT2D eigenvalue weighted by Gasteiger charge is 2.48. The van der Waals surface area contributed by atoms with E-state index >= 15 is 0 Å². The molecule has 7 unspecified atom stereocenters. The summed E-state index contributed by atoms with van der Waals surface area (Å²) < 4.78 is 6.21. The van der Waals surface area contributed by atoms with Gasteiger partial charge in [0.25, 0.3) is 0 Å². The molecule has 0 spiro atoms. The van der Waals surface area contributed by atoms with E-state index in [1.807, 2.05) is 0 Å². The lowest BCUT2D eigenvalue weighted by atomic mass is 9.19. The summed E-state index contributed by atoms with van der Waals surface area (Å²) in [7, 11) is 0. The third kappa shape index (κ3) is 6.41. The SMILES string of the molecule is CCCN(CC(C)CC)C(C)CCC1OC1C(C)CC(C)C1=CC2(C)CCCCCB12. The molecular formula is C28H52BNO. The van der Waals surface area contributed by atoms with Crippen LogP contribution in [0.2, 0.25) is 11.6 Å². The summed E-state index contributed by atoms with van der Waals surface area (Å²) >= 11 is 0. The molecule has 3 aliphatic heterocycles. The van der Waals surface area contributed by atoms with Crippen LogP contribution in [0.1, 0.15) is 106 Å². The van der Waals surface area contributed by atoms with E-state index < -0.39 is 0 Å². The Morgan fingerprint density at radius 2 is 1.94 bits per heavy atom. The van der Waals surface area contributed by atoms with Gasteiger partial charge in [-0.2, -0.15) is 0 Å². The molecule has 0 aromatic rings. The number of ether oxygens (including phenoxy) is 1. The summed E-state index contributed by atoms with van der Waals surface area (Å²) in [5.41, 5.74) is 1.79. The lowest BCUT2D eigenvalue weighted by Gasteiger charge is -2.45. The smallest absolute Gasteiger partial charge is 0.180 e. The van der Waals surface area contributed by atoms with E-state index in [1.54, 1.807) is 5.47 Å². The van der Waals surface area contributed by atoms with Crippen molar-refractivity contribution >= 4 is 6.71 Å². The first kappa shape index (κ1) is 25.3. The lowest BCUT2D eigenvalue weighted by molar-refractivity contribution is 0.167. The molecule has 2 saturated heterocycles. The van der Waals surface area contributed by atoms with Gasteiger partial charge in [0.15, 0.2) is 6.71 Å². The van der Waals surface area contributed by atoms with Crippen molar-refractivity contribution in [2.45, 2.75) is 136 Å². The minimum absolute atomic E-state index is 0.519. The normalized spacial score (nSPS) is 31.9. The highest BCUT2D eigenvalue weighted by molar-refractivity contribution is 6.74. The molecule has 0 aromatic carbocycles. The second-order valence-electron chi connectivity index (χ2n) is 12.0. The van der Waals surface area contributed by atoms with Crippen molar-refractivity contribution in [3.63, 3.8) is 0 Å². The molecule has 0 N–H and O–H groups in total. The molecule has 3 aliphatic rings. The zero-order chi connectivity index (χ0) is 22.6. The van der Waals surface area contributed by atoms with Crippen molar-refractivity contribution in [3.8, 4) is 0 Å². The molecule has 0 bridgehead atoms. The third-order valence-corrected chi connectivity index (χ3v) is 9.13. The van der Waals surface area contributed by atoms with E-state index in [4.69, 9.17) is 4.74 Å². The predicted molar refractivity (Wildman–Crippen MR) is 137 cm³/mol. The lowest BCUT2D eigenvalue weighted by Crippen LogP contribution is -2.42.